The summed E-state index contributed by atoms with van der Waals surface area (Å²) in [5, 5.41) is 6.75. The van der Waals surface area contributed by atoms with Crippen LogP contribution in [-0.4, -0.2) is 56.9 Å². The third kappa shape index (κ3) is 2.22. The zero-order valence-corrected chi connectivity index (χ0v) is 14.3. The lowest BCUT2D eigenvalue weighted by Crippen LogP contribution is -2.53. The van der Waals surface area contributed by atoms with Gasteiger partial charge >= 0.3 is 0 Å². The molecule has 0 spiro atoms. The van der Waals surface area contributed by atoms with Crippen LogP contribution in [0.5, 0.6) is 0 Å². The molecule has 0 aromatic carbocycles. The normalized spacial score (nSPS) is 34.7. The summed E-state index contributed by atoms with van der Waals surface area (Å²) in [5.74, 6) is 1.45. The number of carbonyl (C=O) groups excluding carboxylic acids is 1. The first-order chi connectivity index (χ1) is 11.7. The number of amidine groups is 1. The van der Waals surface area contributed by atoms with Gasteiger partial charge in [-0.1, -0.05) is 0 Å². The van der Waals surface area contributed by atoms with Crippen molar-refractivity contribution in [3.05, 3.63) is 23.5 Å². The van der Waals surface area contributed by atoms with E-state index in [1.165, 1.54) is 24.6 Å². The largest absolute Gasteiger partial charge is 0.293 e. The summed E-state index contributed by atoms with van der Waals surface area (Å²) in [6.07, 6.45) is 7.49. The van der Waals surface area contributed by atoms with Crippen LogP contribution >= 0.6 is 11.8 Å². The average molecular weight is 341 g/mol. The molecule has 6 heterocycles. The van der Waals surface area contributed by atoms with Crippen molar-refractivity contribution in [1.82, 2.24) is 15.1 Å². The Bertz CT molecular complexity index is 800. The van der Waals surface area contributed by atoms with Gasteiger partial charge in [0, 0.05) is 16.2 Å². The molecule has 1 unspecified atom stereocenters. The van der Waals surface area contributed by atoms with E-state index in [2.05, 4.69) is 20.1 Å². The standard InChI is InChI=1S/C17H19N5OS/c1-9-11(8-18-21-9)14-7-12-15(24-14)17(23)20-16(19-12)13-6-10-2-4-22(13)5-3-10/h7-8,10,13,15H,2-6H2,1H3,(H,18,21)/t13-,15?/m0/s1. The zero-order valence-electron chi connectivity index (χ0n) is 13.5. The van der Waals surface area contributed by atoms with Crippen LogP contribution in [0.15, 0.2) is 22.3 Å². The molecule has 5 aliphatic heterocycles. The summed E-state index contributed by atoms with van der Waals surface area (Å²) >= 11 is 1.54. The number of rotatable bonds is 2. The first-order valence-corrected chi connectivity index (χ1v) is 9.41. The molecule has 1 amide bonds. The maximum absolute atomic E-state index is 12.6. The Balaban J connectivity index is 1.47. The molecule has 0 aliphatic carbocycles. The van der Waals surface area contributed by atoms with Crippen LogP contribution in [-0.2, 0) is 4.79 Å². The van der Waals surface area contributed by atoms with E-state index < -0.39 is 0 Å². The highest BCUT2D eigenvalue weighted by molar-refractivity contribution is 8.10. The third-order valence-corrected chi connectivity index (χ3v) is 6.80. The number of piperidine rings is 3. The molecule has 0 radical (unpaired) electrons. The number of carbonyl (C=O) groups is 1. The Labute approximate surface area is 144 Å². The summed E-state index contributed by atoms with van der Waals surface area (Å²) in [4.78, 5) is 25.3. The van der Waals surface area contributed by atoms with Crippen molar-refractivity contribution in [3.8, 4) is 0 Å². The summed E-state index contributed by atoms with van der Waals surface area (Å²) in [7, 11) is 0. The van der Waals surface area contributed by atoms with Gasteiger partial charge in [-0.05, 0) is 51.3 Å². The minimum atomic E-state index is -0.283. The fourth-order valence-corrected chi connectivity index (χ4v) is 5.32. The molecule has 1 aromatic heterocycles. The summed E-state index contributed by atoms with van der Waals surface area (Å²) in [6, 6.07) is 0.230. The predicted octanol–water partition coefficient (Wildman–Crippen LogP) is 2.04. The van der Waals surface area contributed by atoms with E-state index in [4.69, 9.17) is 4.99 Å². The van der Waals surface area contributed by atoms with Gasteiger partial charge in [0.05, 0.1) is 18.0 Å². The third-order valence-electron chi connectivity index (χ3n) is 5.53. The Morgan fingerprint density at radius 3 is 2.79 bits per heavy atom. The molecule has 0 saturated carbocycles. The zero-order chi connectivity index (χ0) is 16.3. The van der Waals surface area contributed by atoms with Crippen LogP contribution in [0, 0.1) is 12.8 Å². The number of fused-ring (bicyclic) bond motifs is 4. The molecule has 6 nitrogen and oxygen atoms in total. The molecule has 2 bridgehead atoms. The van der Waals surface area contributed by atoms with Gasteiger partial charge < -0.3 is 0 Å². The summed E-state index contributed by atoms with van der Waals surface area (Å²) < 4.78 is 0. The van der Waals surface area contributed by atoms with E-state index in [9.17, 15) is 4.79 Å². The molecule has 24 heavy (non-hydrogen) atoms. The molecule has 3 fully saturated rings. The SMILES string of the molecule is Cc1[nH]ncc1C1=CC2=NC([C@@H]3CC4CCN3CC4)=NC(=O)C2S1. The van der Waals surface area contributed by atoms with Crippen LogP contribution in [0.3, 0.4) is 0 Å². The second-order valence-corrected chi connectivity index (χ2v) is 8.14. The molecule has 1 N–H and O–H groups in total. The van der Waals surface area contributed by atoms with Crippen LogP contribution < -0.4 is 0 Å². The van der Waals surface area contributed by atoms with E-state index in [1.807, 2.05) is 19.2 Å². The molecule has 3 saturated heterocycles. The van der Waals surface area contributed by atoms with Crippen LogP contribution in [0.1, 0.15) is 30.5 Å². The molecule has 124 valence electrons. The van der Waals surface area contributed by atoms with Crippen LogP contribution in [0.2, 0.25) is 0 Å². The lowest BCUT2D eigenvalue weighted by molar-refractivity contribution is -0.116. The number of hydrogen-bond acceptors (Lipinski definition) is 5. The van der Waals surface area contributed by atoms with Gasteiger partial charge in [-0.25, -0.2) is 4.99 Å². The Morgan fingerprint density at radius 1 is 1.29 bits per heavy atom. The average Bonchev–Trinajstić information content (AvgIpc) is 3.21. The highest BCUT2D eigenvalue weighted by Crippen LogP contribution is 2.41. The lowest BCUT2D eigenvalue weighted by Gasteiger charge is -2.45. The molecule has 7 heteroatoms. The molecular weight excluding hydrogens is 322 g/mol. The highest BCUT2D eigenvalue weighted by atomic mass is 32.2. The van der Waals surface area contributed by atoms with E-state index >= 15 is 0 Å². The fourth-order valence-electron chi connectivity index (χ4n) is 4.15. The number of nitrogens with one attached hydrogen (secondary N) is 1. The topological polar surface area (TPSA) is 73.7 Å². The highest BCUT2D eigenvalue weighted by Gasteiger charge is 2.41. The smallest absolute Gasteiger partial charge is 0.267 e. The second kappa shape index (κ2) is 5.39. The molecule has 5 aliphatic rings. The Kier molecular flexibility index (Phi) is 3.28. The van der Waals surface area contributed by atoms with Gasteiger partial charge in [-0.3, -0.25) is 14.8 Å². The van der Waals surface area contributed by atoms with E-state index in [1.54, 1.807) is 0 Å². The number of aryl methyl sites for hydroxylation is 1. The lowest BCUT2D eigenvalue weighted by atomic mass is 9.83. The molecule has 2 atom stereocenters. The monoisotopic (exact) mass is 341 g/mol. The number of amides is 1. The fraction of sp³-hybridized carbons (Fsp3) is 0.529. The van der Waals surface area contributed by atoms with Crippen molar-refractivity contribution in [1.29, 1.82) is 0 Å². The number of aliphatic imine (C=N–C) groups is 2. The summed E-state index contributed by atoms with van der Waals surface area (Å²) in [5.41, 5.74) is 2.91. The molecule has 1 aromatic rings. The van der Waals surface area contributed by atoms with Gasteiger partial charge in [0.2, 0.25) is 0 Å². The Hall–Kier alpha value is -1.73. The number of aromatic amines is 1. The van der Waals surface area contributed by atoms with E-state index in [-0.39, 0.29) is 17.2 Å². The number of hydrogen-bond donors (Lipinski definition) is 1. The van der Waals surface area contributed by atoms with Crippen molar-refractivity contribution < 1.29 is 4.79 Å². The van der Waals surface area contributed by atoms with Crippen LogP contribution in [0.25, 0.3) is 4.91 Å². The number of thioether (sulfide) groups is 1. The van der Waals surface area contributed by atoms with E-state index in [0.29, 0.717) is 0 Å². The van der Waals surface area contributed by atoms with Gasteiger partial charge in [-0.15, -0.1) is 11.8 Å². The van der Waals surface area contributed by atoms with Crippen LogP contribution in [0.4, 0.5) is 0 Å². The van der Waals surface area contributed by atoms with Gasteiger partial charge in [0.1, 0.15) is 11.1 Å². The molecular formula is C17H19N5OS. The second-order valence-electron chi connectivity index (χ2n) is 6.99. The number of allylic oxidation sites excluding steroid dienone is 1. The van der Waals surface area contributed by atoms with Gasteiger partial charge in [-0.2, -0.15) is 10.1 Å². The Morgan fingerprint density at radius 2 is 2.12 bits per heavy atom. The number of nitrogens with zero attached hydrogens (tertiary/aromatic N) is 4. The van der Waals surface area contributed by atoms with Crippen molar-refractivity contribution >= 4 is 34.1 Å². The van der Waals surface area contributed by atoms with E-state index in [0.717, 1.165) is 53.1 Å². The van der Waals surface area contributed by atoms with Crippen molar-refractivity contribution in [2.45, 2.75) is 37.5 Å². The number of H-pyrrole nitrogens is 1. The van der Waals surface area contributed by atoms with Crippen molar-refractivity contribution in [3.63, 3.8) is 0 Å². The maximum Gasteiger partial charge on any atom is 0.267 e. The molecule has 6 rings (SSSR count). The van der Waals surface area contributed by atoms with Crippen molar-refractivity contribution in [2.24, 2.45) is 15.9 Å². The quantitative estimate of drug-likeness (QED) is 0.893. The predicted molar refractivity (Wildman–Crippen MR) is 95.3 cm³/mol. The summed E-state index contributed by atoms with van der Waals surface area (Å²) in [6.45, 7) is 4.21. The first kappa shape index (κ1) is 14.6. The van der Waals surface area contributed by atoms with Gasteiger partial charge in [0.15, 0.2) is 0 Å². The first-order valence-electron chi connectivity index (χ1n) is 8.53. The van der Waals surface area contributed by atoms with Gasteiger partial charge in [0.25, 0.3) is 5.91 Å². The maximum atomic E-state index is 12.6. The minimum Gasteiger partial charge on any atom is -0.293 e. The number of aromatic nitrogens is 2. The minimum absolute atomic E-state index is 0.0601. The van der Waals surface area contributed by atoms with Crippen molar-refractivity contribution in [2.75, 3.05) is 13.1 Å².